The van der Waals surface area contributed by atoms with Gasteiger partial charge in [0.1, 0.15) is 11.4 Å². The van der Waals surface area contributed by atoms with Crippen molar-refractivity contribution in [2.24, 2.45) is 0 Å². The quantitative estimate of drug-likeness (QED) is 0.127. The van der Waals surface area contributed by atoms with Gasteiger partial charge in [-0.3, -0.25) is 14.4 Å². The van der Waals surface area contributed by atoms with Crippen molar-refractivity contribution >= 4 is 67.9 Å². The summed E-state index contributed by atoms with van der Waals surface area (Å²) in [5, 5.41) is 8.99. The van der Waals surface area contributed by atoms with Crippen LogP contribution in [0.15, 0.2) is 114 Å². The molecule has 0 spiro atoms. The number of rotatable bonds is 10. The first-order valence-corrected chi connectivity index (χ1v) is 14.7. The molecular weight excluding hydrogens is 569 g/mol. The largest absolute Gasteiger partial charge is 0.497 e. The molecule has 0 bridgehead atoms. The highest BCUT2D eigenvalue weighted by Crippen LogP contribution is 2.27. The number of amides is 3. The van der Waals surface area contributed by atoms with Crippen LogP contribution in [0.25, 0.3) is 16.3 Å². The van der Waals surface area contributed by atoms with Crippen molar-refractivity contribution in [3.63, 3.8) is 0 Å². The molecule has 0 unspecified atom stereocenters. The molecule has 42 heavy (non-hydrogen) atoms. The molecule has 3 amide bonds. The Morgan fingerprint density at radius 3 is 2.48 bits per heavy atom. The Morgan fingerprint density at radius 1 is 0.881 bits per heavy atom. The smallest absolute Gasteiger partial charge is 0.272 e. The van der Waals surface area contributed by atoms with Crippen molar-refractivity contribution < 1.29 is 19.1 Å². The summed E-state index contributed by atoms with van der Waals surface area (Å²) >= 11 is 2.76. The summed E-state index contributed by atoms with van der Waals surface area (Å²) in [5.41, 5.74) is 2.52. The van der Waals surface area contributed by atoms with Crippen molar-refractivity contribution in [3.05, 3.63) is 120 Å². The molecule has 1 heterocycles. The second-order valence-electron chi connectivity index (χ2n) is 8.96. The number of aromatic nitrogens is 1. The number of methoxy groups -OCH3 is 1. The SMILES string of the molecule is COc1cccc(/C=C(\NC(=O)c2ccccc2)C(=O)Nc2cccc(SCC(=O)Nc3nc4ccccc4s3)c2)c1. The Balaban J connectivity index is 1.26. The predicted octanol–water partition coefficient (Wildman–Crippen LogP) is 6.45. The van der Waals surface area contributed by atoms with E-state index in [1.165, 1.54) is 23.1 Å². The molecule has 0 atom stereocenters. The summed E-state index contributed by atoms with van der Waals surface area (Å²) in [7, 11) is 1.56. The third-order valence-electron chi connectivity index (χ3n) is 5.94. The molecule has 0 aliphatic rings. The van der Waals surface area contributed by atoms with Gasteiger partial charge in [-0.1, -0.05) is 59.9 Å². The molecule has 0 fully saturated rings. The summed E-state index contributed by atoms with van der Waals surface area (Å²) in [4.78, 5) is 44.1. The Labute approximate surface area is 250 Å². The van der Waals surface area contributed by atoms with Crippen molar-refractivity contribution in [1.82, 2.24) is 10.3 Å². The molecule has 5 aromatic rings. The lowest BCUT2D eigenvalue weighted by Gasteiger charge is -2.12. The number of hydrogen-bond donors (Lipinski definition) is 3. The Hall–Kier alpha value is -4.93. The fourth-order valence-electron chi connectivity index (χ4n) is 3.93. The molecule has 0 radical (unpaired) electrons. The average molecular weight is 595 g/mol. The molecule has 0 saturated heterocycles. The van der Waals surface area contributed by atoms with Gasteiger partial charge in [0.15, 0.2) is 5.13 Å². The van der Waals surface area contributed by atoms with Gasteiger partial charge in [-0.05, 0) is 66.2 Å². The van der Waals surface area contributed by atoms with E-state index in [1.807, 2.05) is 36.4 Å². The second kappa shape index (κ2) is 13.6. The van der Waals surface area contributed by atoms with Gasteiger partial charge in [0, 0.05) is 16.1 Å². The zero-order valence-corrected chi connectivity index (χ0v) is 24.1. The number of anilines is 2. The first-order chi connectivity index (χ1) is 20.5. The lowest BCUT2D eigenvalue weighted by molar-refractivity contribution is -0.114. The van der Waals surface area contributed by atoms with Crippen LogP contribution in [-0.4, -0.2) is 35.6 Å². The first-order valence-electron chi connectivity index (χ1n) is 12.9. The van der Waals surface area contributed by atoms with Gasteiger partial charge in [0.2, 0.25) is 5.91 Å². The molecule has 4 aromatic carbocycles. The van der Waals surface area contributed by atoms with Crippen LogP contribution in [0.1, 0.15) is 15.9 Å². The number of carbonyl (C=O) groups excluding carboxylic acids is 3. The van der Waals surface area contributed by atoms with Crippen LogP contribution >= 0.6 is 23.1 Å². The number of nitrogens with zero attached hydrogens (tertiary/aromatic N) is 1. The fourth-order valence-corrected chi connectivity index (χ4v) is 5.57. The van der Waals surface area contributed by atoms with Crippen LogP contribution in [-0.2, 0) is 9.59 Å². The molecule has 1 aromatic heterocycles. The fraction of sp³-hybridized carbons (Fsp3) is 0.0625. The van der Waals surface area contributed by atoms with E-state index in [1.54, 1.807) is 79.9 Å². The number of thioether (sulfide) groups is 1. The highest BCUT2D eigenvalue weighted by molar-refractivity contribution is 8.00. The maximum absolute atomic E-state index is 13.4. The zero-order chi connectivity index (χ0) is 29.3. The maximum Gasteiger partial charge on any atom is 0.272 e. The van der Waals surface area contributed by atoms with Gasteiger partial charge in [-0.2, -0.15) is 0 Å². The molecule has 210 valence electrons. The molecule has 3 N–H and O–H groups in total. The number of thiazole rings is 1. The number of para-hydroxylation sites is 1. The van der Waals surface area contributed by atoms with E-state index in [0.29, 0.717) is 27.7 Å². The molecule has 0 aliphatic carbocycles. The van der Waals surface area contributed by atoms with Crippen molar-refractivity contribution in [3.8, 4) is 5.75 Å². The van der Waals surface area contributed by atoms with Crippen LogP contribution in [0.4, 0.5) is 10.8 Å². The Bertz CT molecular complexity index is 1740. The monoisotopic (exact) mass is 594 g/mol. The summed E-state index contributed by atoms with van der Waals surface area (Å²) in [6, 6.07) is 30.7. The molecule has 0 saturated carbocycles. The van der Waals surface area contributed by atoms with Gasteiger partial charge >= 0.3 is 0 Å². The first kappa shape index (κ1) is 28.6. The minimum atomic E-state index is -0.502. The van der Waals surface area contributed by atoms with Gasteiger partial charge in [-0.25, -0.2) is 4.98 Å². The molecule has 10 heteroatoms. The van der Waals surface area contributed by atoms with E-state index >= 15 is 0 Å². The molecule has 5 rings (SSSR count). The van der Waals surface area contributed by atoms with E-state index in [0.717, 1.165) is 15.1 Å². The average Bonchev–Trinajstić information content (AvgIpc) is 3.42. The number of fused-ring (bicyclic) bond motifs is 1. The Kier molecular flexibility index (Phi) is 9.27. The Morgan fingerprint density at radius 2 is 1.67 bits per heavy atom. The number of ether oxygens (including phenoxy) is 1. The molecular formula is C32H26N4O4S2. The summed E-state index contributed by atoms with van der Waals surface area (Å²) in [6.07, 6.45) is 1.59. The van der Waals surface area contributed by atoms with E-state index in [9.17, 15) is 14.4 Å². The topological polar surface area (TPSA) is 109 Å². The predicted molar refractivity (Wildman–Crippen MR) is 169 cm³/mol. The number of carbonyl (C=O) groups is 3. The third-order valence-corrected chi connectivity index (χ3v) is 7.88. The number of hydrogen-bond acceptors (Lipinski definition) is 7. The lowest BCUT2D eigenvalue weighted by Crippen LogP contribution is -2.30. The maximum atomic E-state index is 13.4. The van der Waals surface area contributed by atoms with Crippen molar-refractivity contribution in [2.75, 3.05) is 23.5 Å². The van der Waals surface area contributed by atoms with Crippen molar-refractivity contribution in [2.45, 2.75) is 4.90 Å². The van der Waals surface area contributed by atoms with Crippen LogP contribution in [0.3, 0.4) is 0 Å². The van der Waals surface area contributed by atoms with Crippen LogP contribution in [0.5, 0.6) is 5.75 Å². The summed E-state index contributed by atoms with van der Waals surface area (Å²) in [6.45, 7) is 0. The highest BCUT2D eigenvalue weighted by Gasteiger charge is 2.16. The van der Waals surface area contributed by atoms with E-state index < -0.39 is 11.8 Å². The molecule has 0 aliphatic heterocycles. The number of benzene rings is 4. The minimum absolute atomic E-state index is 0.0605. The van der Waals surface area contributed by atoms with E-state index in [2.05, 4.69) is 20.9 Å². The zero-order valence-electron chi connectivity index (χ0n) is 22.5. The second-order valence-corrected chi connectivity index (χ2v) is 11.0. The van der Waals surface area contributed by atoms with E-state index in [4.69, 9.17) is 4.74 Å². The van der Waals surface area contributed by atoms with Gasteiger partial charge in [0.05, 0.1) is 23.1 Å². The van der Waals surface area contributed by atoms with Gasteiger partial charge < -0.3 is 20.7 Å². The summed E-state index contributed by atoms with van der Waals surface area (Å²) < 4.78 is 6.30. The van der Waals surface area contributed by atoms with Crippen molar-refractivity contribution in [1.29, 1.82) is 0 Å². The lowest BCUT2D eigenvalue weighted by atomic mass is 10.1. The third kappa shape index (κ3) is 7.62. The molecule has 8 nitrogen and oxygen atoms in total. The van der Waals surface area contributed by atoms with Gasteiger partial charge in [-0.15, -0.1) is 11.8 Å². The van der Waals surface area contributed by atoms with E-state index in [-0.39, 0.29) is 17.4 Å². The summed E-state index contributed by atoms with van der Waals surface area (Å²) in [5.74, 6) is -0.307. The van der Waals surface area contributed by atoms with Gasteiger partial charge in [0.25, 0.3) is 11.8 Å². The number of nitrogens with one attached hydrogen (secondary N) is 3. The van der Waals surface area contributed by atoms with Crippen LogP contribution in [0, 0.1) is 0 Å². The highest BCUT2D eigenvalue weighted by atomic mass is 32.2. The van der Waals surface area contributed by atoms with Crippen LogP contribution < -0.4 is 20.7 Å². The standard InChI is InChI=1S/C32H26N4O4S2/c1-40-24-13-7-9-21(17-24)18-27(34-30(38)22-10-3-2-4-11-22)31(39)33-23-12-8-14-25(19-23)41-20-29(37)36-32-35-26-15-5-6-16-28(26)42-32/h2-19H,20H2,1H3,(H,33,39)(H,34,38)(H,35,36,37)/b27-18-. The normalized spacial score (nSPS) is 11.1. The van der Waals surface area contributed by atoms with Crippen LogP contribution in [0.2, 0.25) is 0 Å². The minimum Gasteiger partial charge on any atom is -0.497 e.